The van der Waals surface area contributed by atoms with Crippen molar-refractivity contribution in [1.82, 2.24) is 0 Å². The van der Waals surface area contributed by atoms with Crippen molar-refractivity contribution in [2.75, 3.05) is 4.90 Å². The molecule has 1 aliphatic rings. The molecule has 24 heavy (non-hydrogen) atoms. The smallest absolute Gasteiger partial charge is 0.349 e. The zero-order chi connectivity index (χ0) is 17.1. The molecule has 0 fully saturated rings. The Bertz CT molecular complexity index is 835. The molecule has 3 rings (SSSR count). The molecule has 0 aliphatic carbocycles. The van der Waals surface area contributed by atoms with Gasteiger partial charge < -0.3 is 13.9 Å². The zero-order valence-electron chi connectivity index (χ0n) is 12.2. The number of carbonyl (C=O) groups is 2. The monoisotopic (exact) mass is 363 g/mol. The fourth-order valence-corrected chi connectivity index (χ4v) is 2.57. The minimum Gasteiger partial charge on any atom is -0.455 e. The number of anilines is 1. The SMILES string of the molecule is O=C(/C=C\C(=O)N1Cc2ccccc2Oc2ccc(Cl)cc21)OCl. The summed E-state index contributed by atoms with van der Waals surface area (Å²) in [7, 11) is 0. The summed E-state index contributed by atoms with van der Waals surface area (Å²) in [6.45, 7) is 0.266. The van der Waals surface area contributed by atoms with Crippen LogP contribution in [0.25, 0.3) is 0 Å². The van der Waals surface area contributed by atoms with Crippen LogP contribution in [0.15, 0.2) is 54.6 Å². The topological polar surface area (TPSA) is 55.8 Å². The second kappa shape index (κ2) is 6.95. The van der Waals surface area contributed by atoms with E-state index in [0.29, 0.717) is 22.2 Å². The van der Waals surface area contributed by atoms with Crippen LogP contribution in [0.1, 0.15) is 5.56 Å². The van der Waals surface area contributed by atoms with Gasteiger partial charge in [-0.1, -0.05) is 29.8 Å². The highest BCUT2D eigenvalue weighted by atomic mass is 35.5. The number of benzene rings is 2. The average molecular weight is 364 g/mol. The number of amides is 1. The molecular weight excluding hydrogens is 353 g/mol. The minimum absolute atomic E-state index is 0.266. The number of hydrogen-bond donors (Lipinski definition) is 0. The van der Waals surface area contributed by atoms with Crippen LogP contribution in [-0.2, 0) is 20.4 Å². The molecule has 0 aromatic heterocycles. The first-order valence-electron chi connectivity index (χ1n) is 6.96. The zero-order valence-corrected chi connectivity index (χ0v) is 13.8. The van der Waals surface area contributed by atoms with Crippen LogP contribution in [-0.4, -0.2) is 11.9 Å². The molecule has 0 spiro atoms. The summed E-state index contributed by atoms with van der Waals surface area (Å²) in [4.78, 5) is 25.1. The van der Waals surface area contributed by atoms with E-state index in [1.807, 2.05) is 24.3 Å². The highest BCUT2D eigenvalue weighted by molar-refractivity contribution is 6.31. The van der Waals surface area contributed by atoms with E-state index in [9.17, 15) is 9.59 Å². The molecule has 0 N–H and O–H groups in total. The summed E-state index contributed by atoms with van der Waals surface area (Å²) < 4.78 is 9.88. The Balaban J connectivity index is 2.04. The molecule has 1 amide bonds. The third-order valence-electron chi connectivity index (χ3n) is 3.44. The van der Waals surface area contributed by atoms with Gasteiger partial charge in [0.2, 0.25) is 0 Å². The Labute approximate surface area is 148 Å². The number of ether oxygens (including phenoxy) is 1. The van der Waals surface area contributed by atoms with E-state index in [-0.39, 0.29) is 6.54 Å². The number of fused-ring (bicyclic) bond motifs is 2. The maximum atomic E-state index is 12.5. The van der Waals surface area contributed by atoms with E-state index in [0.717, 1.165) is 17.7 Å². The largest absolute Gasteiger partial charge is 0.455 e. The highest BCUT2D eigenvalue weighted by Gasteiger charge is 2.24. The van der Waals surface area contributed by atoms with Crippen molar-refractivity contribution >= 4 is 41.0 Å². The van der Waals surface area contributed by atoms with Crippen molar-refractivity contribution < 1.29 is 18.6 Å². The summed E-state index contributed by atoms with van der Waals surface area (Å²) in [5.74, 6) is -0.116. The van der Waals surface area contributed by atoms with Crippen LogP contribution in [0.2, 0.25) is 5.02 Å². The van der Waals surface area contributed by atoms with E-state index >= 15 is 0 Å². The van der Waals surface area contributed by atoms with E-state index in [1.54, 1.807) is 18.2 Å². The van der Waals surface area contributed by atoms with Crippen LogP contribution in [0.5, 0.6) is 11.5 Å². The molecule has 0 bridgehead atoms. The van der Waals surface area contributed by atoms with Gasteiger partial charge in [-0.2, -0.15) is 0 Å². The molecule has 0 saturated heterocycles. The van der Waals surface area contributed by atoms with E-state index < -0.39 is 11.9 Å². The lowest BCUT2D eigenvalue weighted by Crippen LogP contribution is -2.28. The molecule has 0 atom stereocenters. The fraction of sp³-hybridized carbons (Fsp3) is 0.0588. The maximum Gasteiger partial charge on any atom is 0.349 e. The van der Waals surface area contributed by atoms with Crippen LogP contribution >= 0.6 is 23.5 Å². The van der Waals surface area contributed by atoms with E-state index in [2.05, 4.69) is 4.29 Å². The van der Waals surface area contributed by atoms with Crippen molar-refractivity contribution in [3.63, 3.8) is 0 Å². The van der Waals surface area contributed by atoms with Gasteiger partial charge >= 0.3 is 5.97 Å². The highest BCUT2D eigenvalue weighted by Crippen LogP contribution is 2.40. The van der Waals surface area contributed by atoms with E-state index in [4.69, 9.17) is 28.2 Å². The lowest BCUT2D eigenvalue weighted by atomic mass is 10.2. The van der Waals surface area contributed by atoms with Crippen molar-refractivity contribution in [2.45, 2.75) is 6.54 Å². The summed E-state index contributed by atoms with van der Waals surface area (Å²) in [6.07, 6.45) is 2.04. The predicted molar refractivity (Wildman–Crippen MR) is 90.2 cm³/mol. The predicted octanol–water partition coefficient (Wildman–Crippen LogP) is 4.23. The van der Waals surface area contributed by atoms with Crippen molar-refractivity contribution in [1.29, 1.82) is 0 Å². The van der Waals surface area contributed by atoms with Crippen LogP contribution in [0, 0.1) is 0 Å². The summed E-state index contributed by atoms with van der Waals surface area (Å²) in [5.41, 5.74) is 1.33. The van der Waals surface area contributed by atoms with Gasteiger partial charge in [0.15, 0.2) is 5.75 Å². The number of carbonyl (C=O) groups excluding carboxylic acids is 2. The summed E-state index contributed by atoms with van der Waals surface area (Å²) in [5, 5.41) is 0.463. The van der Waals surface area contributed by atoms with Gasteiger partial charge in [0, 0.05) is 22.7 Å². The third kappa shape index (κ3) is 3.37. The van der Waals surface area contributed by atoms with Crippen molar-refractivity contribution in [3.8, 4) is 11.5 Å². The van der Waals surface area contributed by atoms with Crippen LogP contribution in [0.4, 0.5) is 5.69 Å². The number of hydrogen-bond acceptors (Lipinski definition) is 4. The Morgan fingerprint density at radius 2 is 1.92 bits per heavy atom. The first-order valence-corrected chi connectivity index (χ1v) is 7.64. The van der Waals surface area contributed by atoms with Crippen molar-refractivity contribution in [3.05, 3.63) is 65.2 Å². The van der Waals surface area contributed by atoms with Gasteiger partial charge in [0.1, 0.15) is 17.6 Å². The fourth-order valence-electron chi connectivity index (χ4n) is 2.35. The lowest BCUT2D eigenvalue weighted by Gasteiger charge is -2.20. The Morgan fingerprint density at radius 1 is 1.12 bits per heavy atom. The van der Waals surface area contributed by atoms with Crippen molar-refractivity contribution in [2.24, 2.45) is 0 Å². The first kappa shape index (κ1) is 16.4. The lowest BCUT2D eigenvalue weighted by molar-refractivity contribution is -0.128. The standard InChI is InChI=1S/C17H11Cl2NO4/c18-12-5-6-15-13(9-12)20(16(21)7-8-17(22)24-19)10-11-3-1-2-4-14(11)23-15/h1-9H,10H2/b8-7-. The Hall–Kier alpha value is -2.50. The minimum atomic E-state index is -0.831. The van der Waals surface area contributed by atoms with Gasteiger partial charge in [-0.05, 0) is 24.3 Å². The van der Waals surface area contributed by atoms with Crippen LogP contribution < -0.4 is 9.64 Å². The number of rotatable bonds is 2. The molecule has 0 unspecified atom stereocenters. The van der Waals surface area contributed by atoms with Gasteiger partial charge in [-0.3, -0.25) is 4.79 Å². The first-order chi connectivity index (χ1) is 11.6. The van der Waals surface area contributed by atoms with Crippen LogP contribution in [0.3, 0.4) is 0 Å². The molecule has 122 valence electrons. The summed E-state index contributed by atoms with van der Waals surface area (Å²) in [6, 6.07) is 12.4. The second-order valence-corrected chi connectivity index (χ2v) is 5.57. The molecule has 1 heterocycles. The number of nitrogens with zero attached hydrogens (tertiary/aromatic N) is 1. The van der Waals surface area contributed by atoms with Gasteiger partial charge in [-0.25, -0.2) is 4.79 Å². The number of halogens is 2. The molecular formula is C17H11Cl2NO4. The molecule has 5 nitrogen and oxygen atoms in total. The summed E-state index contributed by atoms with van der Waals surface area (Å²) >= 11 is 11.0. The number of para-hydroxylation sites is 1. The van der Waals surface area contributed by atoms with Gasteiger partial charge in [0.25, 0.3) is 5.91 Å². The van der Waals surface area contributed by atoms with Gasteiger partial charge in [0.05, 0.1) is 12.2 Å². The molecule has 0 radical (unpaired) electrons. The molecule has 2 aromatic carbocycles. The molecule has 7 heteroatoms. The maximum absolute atomic E-state index is 12.5. The normalized spacial score (nSPS) is 12.8. The average Bonchev–Trinajstić information content (AvgIpc) is 2.75. The molecule has 2 aromatic rings. The van der Waals surface area contributed by atoms with Gasteiger partial charge in [-0.15, -0.1) is 0 Å². The Morgan fingerprint density at radius 3 is 2.71 bits per heavy atom. The molecule has 0 saturated carbocycles. The Kier molecular flexibility index (Phi) is 4.74. The van der Waals surface area contributed by atoms with E-state index in [1.165, 1.54) is 4.90 Å². The third-order valence-corrected chi connectivity index (χ3v) is 3.82. The second-order valence-electron chi connectivity index (χ2n) is 4.98. The molecule has 1 aliphatic heterocycles. The quantitative estimate of drug-likeness (QED) is 0.749.